The Kier molecular flexibility index (Phi) is 6.01. The molecule has 0 atom stereocenters. The maximum absolute atomic E-state index is 13.2. The summed E-state index contributed by atoms with van der Waals surface area (Å²) < 4.78 is 18.9. The van der Waals surface area contributed by atoms with Crippen molar-refractivity contribution in [3.8, 4) is 17.6 Å². The van der Waals surface area contributed by atoms with Crippen molar-refractivity contribution in [2.75, 3.05) is 10.6 Å². The lowest BCUT2D eigenvalue weighted by atomic mass is 10.2. The van der Waals surface area contributed by atoms with Gasteiger partial charge in [-0.05, 0) is 54.6 Å². The molecule has 0 unspecified atom stereocenters. The van der Waals surface area contributed by atoms with Crippen molar-refractivity contribution >= 4 is 17.3 Å². The van der Waals surface area contributed by atoms with E-state index in [4.69, 9.17) is 4.74 Å². The predicted molar refractivity (Wildman–Crippen MR) is 105 cm³/mol. The van der Waals surface area contributed by atoms with Crippen molar-refractivity contribution < 1.29 is 13.9 Å². The molecule has 1 amide bonds. The SMILES string of the molecule is N#C/C(=C/Nc1cccc(F)c1)C(=O)Nc1ccc(Oc2ccccc2)cc1. The van der Waals surface area contributed by atoms with E-state index in [2.05, 4.69) is 10.6 Å². The summed E-state index contributed by atoms with van der Waals surface area (Å²) in [7, 11) is 0. The van der Waals surface area contributed by atoms with E-state index < -0.39 is 11.7 Å². The quantitative estimate of drug-likeness (QED) is 0.467. The van der Waals surface area contributed by atoms with Crippen molar-refractivity contribution in [2.45, 2.75) is 0 Å². The number of halogens is 1. The Morgan fingerprint density at radius 3 is 2.32 bits per heavy atom. The van der Waals surface area contributed by atoms with E-state index >= 15 is 0 Å². The molecule has 0 heterocycles. The molecule has 0 aliphatic rings. The smallest absolute Gasteiger partial charge is 0.267 e. The van der Waals surface area contributed by atoms with Gasteiger partial charge in [0.1, 0.15) is 29.0 Å². The number of rotatable bonds is 6. The number of nitrogens with zero attached hydrogens (tertiary/aromatic N) is 1. The highest BCUT2D eigenvalue weighted by Gasteiger charge is 2.09. The van der Waals surface area contributed by atoms with Gasteiger partial charge in [-0.25, -0.2) is 4.39 Å². The van der Waals surface area contributed by atoms with Crippen LogP contribution >= 0.6 is 0 Å². The van der Waals surface area contributed by atoms with E-state index in [-0.39, 0.29) is 5.57 Å². The molecule has 0 bridgehead atoms. The fourth-order valence-corrected chi connectivity index (χ4v) is 2.31. The second-order valence-electron chi connectivity index (χ2n) is 5.72. The third-order valence-electron chi connectivity index (χ3n) is 3.66. The van der Waals surface area contributed by atoms with Crippen LogP contribution in [0, 0.1) is 17.1 Å². The molecular weight excluding hydrogens is 357 g/mol. The summed E-state index contributed by atoms with van der Waals surface area (Å²) >= 11 is 0. The summed E-state index contributed by atoms with van der Waals surface area (Å²) in [5.74, 6) is 0.327. The summed E-state index contributed by atoms with van der Waals surface area (Å²) in [6.07, 6.45) is 1.23. The molecule has 0 aliphatic carbocycles. The Labute approximate surface area is 161 Å². The average molecular weight is 373 g/mol. The summed E-state index contributed by atoms with van der Waals surface area (Å²) in [5, 5.41) is 14.6. The highest BCUT2D eigenvalue weighted by Crippen LogP contribution is 2.22. The first-order chi connectivity index (χ1) is 13.6. The summed E-state index contributed by atoms with van der Waals surface area (Å²) in [6, 6.07) is 23.6. The Morgan fingerprint density at radius 1 is 0.929 bits per heavy atom. The Bertz CT molecular complexity index is 1030. The first kappa shape index (κ1) is 18.7. The van der Waals surface area contributed by atoms with Crippen LogP contribution < -0.4 is 15.4 Å². The van der Waals surface area contributed by atoms with Crippen LogP contribution in [0.15, 0.2) is 90.6 Å². The third-order valence-corrected chi connectivity index (χ3v) is 3.66. The number of amides is 1. The van der Waals surface area contributed by atoms with E-state index in [1.165, 1.54) is 24.4 Å². The van der Waals surface area contributed by atoms with Crippen molar-refractivity contribution in [1.82, 2.24) is 0 Å². The molecule has 138 valence electrons. The minimum absolute atomic E-state index is 0.145. The molecule has 0 aromatic heterocycles. The van der Waals surface area contributed by atoms with Crippen LogP contribution in [0.4, 0.5) is 15.8 Å². The largest absolute Gasteiger partial charge is 0.457 e. The molecule has 3 aromatic carbocycles. The van der Waals surface area contributed by atoms with Crippen LogP contribution in [0.2, 0.25) is 0 Å². The summed E-state index contributed by atoms with van der Waals surface area (Å²) in [5.41, 5.74) is 0.800. The summed E-state index contributed by atoms with van der Waals surface area (Å²) in [4.78, 5) is 12.3. The number of benzene rings is 3. The number of anilines is 2. The van der Waals surface area contributed by atoms with Crippen LogP contribution in [-0.2, 0) is 4.79 Å². The molecule has 28 heavy (non-hydrogen) atoms. The van der Waals surface area contributed by atoms with E-state index in [0.717, 1.165) is 0 Å². The zero-order valence-corrected chi connectivity index (χ0v) is 14.7. The first-order valence-corrected chi connectivity index (χ1v) is 8.41. The Hall–Kier alpha value is -4.11. The van der Waals surface area contributed by atoms with Gasteiger partial charge in [-0.15, -0.1) is 0 Å². The molecule has 6 heteroatoms. The van der Waals surface area contributed by atoms with Gasteiger partial charge in [0.2, 0.25) is 0 Å². The van der Waals surface area contributed by atoms with Crippen LogP contribution in [0.1, 0.15) is 0 Å². The number of ether oxygens (including phenoxy) is 1. The third kappa shape index (κ3) is 5.19. The number of nitrogens with one attached hydrogen (secondary N) is 2. The maximum atomic E-state index is 13.2. The lowest BCUT2D eigenvalue weighted by molar-refractivity contribution is -0.112. The predicted octanol–water partition coefficient (Wildman–Crippen LogP) is 5.08. The molecule has 0 fully saturated rings. The van der Waals surface area contributed by atoms with Crippen LogP contribution in [0.25, 0.3) is 0 Å². The number of carbonyl (C=O) groups excluding carboxylic acids is 1. The molecular formula is C22H16FN3O2. The minimum Gasteiger partial charge on any atom is -0.457 e. The van der Waals surface area contributed by atoms with E-state index in [1.807, 2.05) is 36.4 Å². The Balaban J connectivity index is 1.62. The fraction of sp³-hybridized carbons (Fsp3) is 0. The maximum Gasteiger partial charge on any atom is 0.267 e. The lowest BCUT2D eigenvalue weighted by Gasteiger charge is -2.08. The summed E-state index contributed by atoms with van der Waals surface area (Å²) in [6.45, 7) is 0. The van der Waals surface area contributed by atoms with Gasteiger partial charge in [0.15, 0.2) is 0 Å². The highest BCUT2D eigenvalue weighted by atomic mass is 19.1. The molecule has 2 N–H and O–H groups in total. The number of hydrogen-bond donors (Lipinski definition) is 2. The molecule has 3 rings (SSSR count). The van der Waals surface area contributed by atoms with Crippen molar-refractivity contribution in [3.63, 3.8) is 0 Å². The van der Waals surface area contributed by atoms with Gasteiger partial charge in [0.05, 0.1) is 0 Å². The number of nitriles is 1. The molecule has 0 saturated carbocycles. The fourth-order valence-electron chi connectivity index (χ4n) is 2.31. The molecule has 0 aliphatic heterocycles. The van der Waals surface area contributed by atoms with Crippen molar-refractivity contribution in [1.29, 1.82) is 5.26 Å². The molecule has 0 spiro atoms. The lowest BCUT2D eigenvalue weighted by Crippen LogP contribution is -2.14. The van der Waals surface area contributed by atoms with Gasteiger partial charge in [-0.1, -0.05) is 24.3 Å². The van der Waals surface area contributed by atoms with Gasteiger partial charge in [0.25, 0.3) is 5.91 Å². The molecule has 0 radical (unpaired) electrons. The van der Waals surface area contributed by atoms with Crippen LogP contribution in [0.5, 0.6) is 11.5 Å². The van der Waals surface area contributed by atoms with E-state index in [1.54, 1.807) is 30.3 Å². The van der Waals surface area contributed by atoms with Crippen LogP contribution in [-0.4, -0.2) is 5.91 Å². The molecule has 5 nitrogen and oxygen atoms in total. The van der Waals surface area contributed by atoms with E-state index in [9.17, 15) is 14.4 Å². The minimum atomic E-state index is -0.580. The Morgan fingerprint density at radius 2 is 1.64 bits per heavy atom. The number of hydrogen-bond acceptors (Lipinski definition) is 4. The zero-order valence-electron chi connectivity index (χ0n) is 14.7. The van der Waals surface area contributed by atoms with Gasteiger partial charge in [-0.3, -0.25) is 4.79 Å². The zero-order chi connectivity index (χ0) is 19.8. The average Bonchev–Trinajstić information content (AvgIpc) is 2.71. The first-order valence-electron chi connectivity index (χ1n) is 8.41. The number of para-hydroxylation sites is 1. The van der Waals surface area contributed by atoms with Crippen molar-refractivity contribution in [2.24, 2.45) is 0 Å². The van der Waals surface area contributed by atoms with Gasteiger partial charge < -0.3 is 15.4 Å². The van der Waals surface area contributed by atoms with Gasteiger partial charge in [-0.2, -0.15) is 5.26 Å². The normalized spacial score (nSPS) is 10.6. The highest BCUT2D eigenvalue weighted by molar-refractivity contribution is 6.06. The second-order valence-corrected chi connectivity index (χ2v) is 5.72. The monoisotopic (exact) mass is 373 g/mol. The van der Waals surface area contributed by atoms with Crippen molar-refractivity contribution in [3.05, 3.63) is 96.5 Å². The number of carbonyl (C=O) groups is 1. The van der Waals surface area contributed by atoms with E-state index in [0.29, 0.717) is 22.9 Å². The standard InChI is InChI=1S/C22H16FN3O2/c23-17-5-4-6-19(13-17)25-15-16(14-24)22(27)26-18-9-11-21(12-10-18)28-20-7-2-1-3-8-20/h1-13,15,25H,(H,26,27)/b16-15-. The molecule has 3 aromatic rings. The molecule has 0 saturated heterocycles. The van der Waals surface area contributed by atoms with Gasteiger partial charge in [0, 0.05) is 17.6 Å². The van der Waals surface area contributed by atoms with Crippen LogP contribution in [0.3, 0.4) is 0 Å². The second kappa shape index (κ2) is 9.01. The topological polar surface area (TPSA) is 74.2 Å². The van der Waals surface area contributed by atoms with Gasteiger partial charge >= 0.3 is 0 Å².